The molecule has 1 aliphatic carbocycles. The first-order chi connectivity index (χ1) is 6.45. The molecule has 1 nitrogen and oxygen atoms in total. The lowest BCUT2D eigenvalue weighted by atomic mass is 9.77. The Morgan fingerprint density at radius 3 is 3.38 bits per heavy atom. The van der Waals surface area contributed by atoms with Gasteiger partial charge < -0.3 is 0 Å². The molecule has 2 atom stereocenters. The summed E-state index contributed by atoms with van der Waals surface area (Å²) in [5.74, 6) is 0.880. The fourth-order valence-corrected chi connectivity index (χ4v) is 3.09. The summed E-state index contributed by atoms with van der Waals surface area (Å²) in [7, 11) is 0. The van der Waals surface area contributed by atoms with Crippen LogP contribution in [0.15, 0.2) is 17.7 Å². The Labute approximate surface area is 80.1 Å². The normalized spacial score (nSPS) is 38.3. The van der Waals surface area contributed by atoms with E-state index >= 15 is 0 Å². The van der Waals surface area contributed by atoms with E-state index in [9.17, 15) is 0 Å². The first kappa shape index (κ1) is 7.81. The van der Waals surface area contributed by atoms with E-state index in [1.807, 2.05) is 0 Å². The Bertz CT molecular complexity index is 264. The molecule has 69 valence electrons. The molecule has 2 unspecified atom stereocenters. The van der Waals surface area contributed by atoms with Crippen LogP contribution in [0.1, 0.15) is 25.7 Å². The van der Waals surface area contributed by atoms with Gasteiger partial charge in [0, 0.05) is 12.6 Å². The van der Waals surface area contributed by atoms with Crippen molar-refractivity contribution in [1.29, 1.82) is 0 Å². The van der Waals surface area contributed by atoms with Crippen molar-refractivity contribution in [2.75, 3.05) is 13.1 Å². The van der Waals surface area contributed by atoms with Gasteiger partial charge in [-0.3, -0.25) is 4.90 Å². The molecule has 1 heteroatoms. The van der Waals surface area contributed by atoms with Crippen molar-refractivity contribution in [3.8, 4) is 0 Å². The second kappa shape index (κ2) is 2.98. The summed E-state index contributed by atoms with van der Waals surface area (Å²) in [6.07, 6.45) is 13.3. The standard InChI is InChI=1S/C12H16N/c1-4-10-6-2-8-13-9-3-7-11(5-1)12(10)13/h4,6,11-12H,2-3,5,7-9H2. The molecule has 0 spiro atoms. The molecule has 0 bridgehead atoms. The van der Waals surface area contributed by atoms with Gasteiger partial charge in [0.1, 0.15) is 0 Å². The van der Waals surface area contributed by atoms with Crippen molar-refractivity contribution < 1.29 is 0 Å². The highest BCUT2D eigenvalue weighted by atomic mass is 15.2. The predicted octanol–water partition coefficient (Wildman–Crippen LogP) is 2.16. The molecule has 2 aliphatic heterocycles. The summed E-state index contributed by atoms with van der Waals surface area (Å²) in [5, 5.41) is 0. The van der Waals surface area contributed by atoms with Gasteiger partial charge in [0.25, 0.3) is 0 Å². The van der Waals surface area contributed by atoms with Crippen LogP contribution in [0.4, 0.5) is 0 Å². The van der Waals surface area contributed by atoms with Crippen LogP contribution in [0.3, 0.4) is 0 Å². The van der Waals surface area contributed by atoms with Gasteiger partial charge in [-0.2, -0.15) is 0 Å². The van der Waals surface area contributed by atoms with Crippen LogP contribution >= 0.6 is 0 Å². The molecule has 1 fully saturated rings. The molecule has 2 heterocycles. The minimum absolute atomic E-state index is 0.767. The van der Waals surface area contributed by atoms with E-state index in [-0.39, 0.29) is 0 Å². The SMILES string of the molecule is [C]1=CC2=CCCN3CCCC(C1)C23. The Kier molecular flexibility index (Phi) is 1.79. The Balaban J connectivity index is 1.98. The zero-order chi connectivity index (χ0) is 8.67. The minimum Gasteiger partial charge on any atom is -0.296 e. The zero-order valence-corrected chi connectivity index (χ0v) is 8.00. The third kappa shape index (κ3) is 1.18. The highest BCUT2D eigenvalue weighted by Gasteiger charge is 2.35. The zero-order valence-electron chi connectivity index (χ0n) is 8.00. The van der Waals surface area contributed by atoms with Gasteiger partial charge in [0.15, 0.2) is 0 Å². The summed E-state index contributed by atoms with van der Waals surface area (Å²) < 4.78 is 0. The van der Waals surface area contributed by atoms with Gasteiger partial charge in [-0.25, -0.2) is 0 Å². The number of allylic oxidation sites excluding steroid dienone is 1. The van der Waals surface area contributed by atoms with Gasteiger partial charge in [0.05, 0.1) is 0 Å². The minimum atomic E-state index is 0.767. The van der Waals surface area contributed by atoms with Crippen LogP contribution in [0.2, 0.25) is 0 Å². The number of hydrogen-bond donors (Lipinski definition) is 0. The summed E-state index contributed by atoms with van der Waals surface area (Å²) >= 11 is 0. The lowest BCUT2D eigenvalue weighted by Crippen LogP contribution is -2.49. The summed E-state index contributed by atoms with van der Waals surface area (Å²) in [5.41, 5.74) is 1.56. The van der Waals surface area contributed by atoms with Crippen molar-refractivity contribution in [1.82, 2.24) is 4.90 Å². The monoisotopic (exact) mass is 174 g/mol. The lowest BCUT2D eigenvalue weighted by molar-refractivity contribution is 0.109. The maximum atomic E-state index is 3.42. The van der Waals surface area contributed by atoms with E-state index in [1.54, 1.807) is 5.57 Å². The Morgan fingerprint density at radius 2 is 2.38 bits per heavy atom. The van der Waals surface area contributed by atoms with Crippen LogP contribution in [0, 0.1) is 12.0 Å². The van der Waals surface area contributed by atoms with Crippen molar-refractivity contribution in [3.05, 3.63) is 23.8 Å². The topological polar surface area (TPSA) is 3.24 Å². The van der Waals surface area contributed by atoms with Crippen LogP contribution < -0.4 is 0 Å². The third-order valence-electron chi connectivity index (χ3n) is 3.65. The second-order valence-corrected chi connectivity index (χ2v) is 4.43. The highest BCUT2D eigenvalue weighted by molar-refractivity contribution is 5.30. The highest BCUT2D eigenvalue weighted by Crippen LogP contribution is 2.36. The summed E-state index contributed by atoms with van der Waals surface area (Å²) in [4.78, 5) is 2.68. The summed E-state index contributed by atoms with van der Waals surface area (Å²) in [6, 6.07) is 0.767. The Morgan fingerprint density at radius 1 is 1.38 bits per heavy atom. The molecule has 1 radical (unpaired) electrons. The molecular formula is C12H16N. The molecule has 0 aromatic carbocycles. The van der Waals surface area contributed by atoms with Crippen LogP contribution in [-0.2, 0) is 0 Å². The average Bonchev–Trinajstić information content (AvgIpc) is 2.19. The van der Waals surface area contributed by atoms with Gasteiger partial charge in [-0.15, -0.1) is 0 Å². The molecule has 13 heavy (non-hydrogen) atoms. The maximum Gasteiger partial charge on any atom is 0.0376 e. The van der Waals surface area contributed by atoms with Crippen LogP contribution in [0.5, 0.6) is 0 Å². The largest absolute Gasteiger partial charge is 0.296 e. The molecule has 3 aliphatic rings. The van der Waals surface area contributed by atoms with Gasteiger partial charge in [0.2, 0.25) is 0 Å². The molecule has 1 saturated heterocycles. The van der Waals surface area contributed by atoms with E-state index in [2.05, 4.69) is 23.1 Å². The Hall–Kier alpha value is -0.560. The summed E-state index contributed by atoms with van der Waals surface area (Å²) in [6.45, 7) is 2.62. The van der Waals surface area contributed by atoms with Crippen LogP contribution in [-0.4, -0.2) is 24.0 Å². The molecule has 0 N–H and O–H groups in total. The maximum absolute atomic E-state index is 3.42. The van der Waals surface area contributed by atoms with Gasteiger partial charge in [-0.1, -0.05) is 12.2 Å². The average molecular weight is 174 g/mol. The van der Waals surface area contributed by atoms with Crippen molar-refractivity contribution >= 4 is 0 Å². The van der Waals surface area contributed by atoms with Crippen molar-refractivity contribution in [3.63, 3.8) is 0 Å². The quantitative estimate of drug-likeness (QED) is 0.544. The van der Waals surface area contributed by atoms with E-state index in [4.69, 9.17) is 0 Å². The second-order valence-electron chi connectivity index (χ2n) is 4.43. The van der Waals surface area contributed by atoms with Gasteiger partial charge in [-0.05, 0) is 49.8 Å². The smallest absolute Gasteiger partial charge is 0.0376 e. The predicted molar refractivity (Wildman–Crippen MR) is 53.2 cm³/mol. The molecular weight excluding hydrogens is 158 g/mol. The molecule has 3 rings (SSSR count). The van der Waals surface area contributed by atoms with Crippen molar-refractivity contribution in [2.45, 2.75) is 31.7 Å². The first-order valence-electron chi connectivity index (χ1n) is 5.46. The lowest BCUT2D eigenvalue weighted by Gasteiger charge is -2.45. The molecule has 0 aromatic heterocycles. The van der Waals surface area contributed by atoms with E-state index in [0.29, 0.717) is 0 Å². The van der Waals surface area contributed by atoms with E-state index in [0.717, 1.165) is 12.0 Å². The number of nitrogens with zero attached hydrogens (tertiary/aromatic N) is 1. The number of piperidine rings is 1. The van der Waals surface area contributed by atoms with Crippen LogP contribution in [0.25, 0.3) is 0 Å². The molecule has 0 amide bonds. The molecule has 0 aromatic rings. The number of rotatable bonds is 0. The van der Waals surface area contributed by atoms with Crippen molar-refractivity contribution in [2.24, 2.45) is 5.92 Å². The first-order valence-corrected chi connectivity index (χ1v) is 5.46. The van der Waals surface area contributed by atoms with E-state index in [1.165, 1.54) is 38.8 Å². The number of hydrogen-bond acceptors (Lipinski definition) is 1. The fourth-order valence-electron chi connectivity index (χ4n) is 3.09. The molecule has 0 saturated carbocycles. The van der Waals surface area contributed by atoms with E-state index < -0.39 is 0 Å². The third-order valence-corrected chi connectivity index (χ3v) is 3.65. The van der Waals surface area contributed by atoms with Gasteiger partial charge >= 0.3 is 0 Å². The fraction of sp³-hybridized carbons (Fsp3) is 0.667.